The van der Waals surface area contributed by atoms with Crippen LogP contribution < -0.4 is 9.47 Å². The lowest BCUT2D eigenvalue weighted by atomic mass is 10.0. The zero-order valence-electron chi connectivity index (χ0n) is 15.2. The predicted molar refractivity (Wildman–Crippen MR) is 102 cm³/mol. The molecule has 0 aliphatic rings. The number of aliphatic hydroxyl groups is 1. The average Bonchev–Trinajstić information content (AvgIpc) is 2.68. The van der Waals surface area contributed by atoms with Crippen LogP contribution >= 0.6 is 0 Å². The Morgan fingerprint density at radius 3 is 2.50 bits per heavy atom. The number of nitrogens with zero attached hydrogens (tertiary/aromatic N) is 2. The van der Waals surface area contributed by atoms with Gasteiger partial charge in [0.05, 0.1) is 20.8 Å². The van der Waals surface area contributed by atoms with Gasteiger partial charge in [0.15, 0.2) is 0 Å². The molecule has 0 spiro atoms. The van der Waals surface area contributed by atoms with Gasteiger partial charge in [-0.1, -0.05) is 24.3 Å². The van der Waals surface area contributed by atoms with Crippen LogP contribution in [0, 0.1) is 0 Å². The van der Waals surface area contributed by atoms with E-state index < -0.39 is 0 Å². The quantitative estimate of drug-likeness (QED) is 0.674. The third-order valence-electron chi connectivity index (χ3n) is 4.43. The molecule has 0 unspecified atom stereocenters. The molecule has 0 radical (unpaired) electrons. The lowest BCUT2D eigenvalue weighted by molar-refractivity contribution is 0.184. The number of aliphatic hydroxyl groups excluding tert-OH is 1. The van der Waals surface area contributed by atoms with E-state index >= 15 is 0 Å². The number of rotatable bonds is 8. The minimum Gasteiger partial charge on any atom is -0.496 e. The summed E-state index contributed by atoms with van der Waals surface area (Å²) < 4.78 is 11.1. The van der Waals surface area contributed by atoms with Crippen molar-refractivity contribution in [3.8, 4) is 11.5 Å². The molecule has 3 aromatic rings. The number of ether oxygens (including phenoxy) is 2. The van der Waals surface area contributed by atoms with Crippen LogP contribution in [-0.2, 0) is 13.1 Å². The van der Waals surface area contributed by atoms with Crippen LogP contribution in [0.1, 0.15) is 11.1 Å². The van der Waals surface area contributed by atoms with Gasteiger partial charge in [0.1, 0.15) is 11.5 Å². The predicted octanol–water partition coefficient (Wildman–Crippen LogP) is 3.25. The smallest absolute Gasteiger partial charge is 0.127 e. The van der Waals surface area contributed by atoms with Crippen molar-refractivity contribution in [3.63, 3.8) is 0 Å². The highest BCUT2D eigenvalue weighted by molar-refractivity contribution is 5.95. The molecular formula is C21H24N2O3. The zero-order chi connectivity index (χ0) is 18.4. The Balaban J connectivity index is 1.97. The van der Waals surface area contributed by atoms with Crippen LogP contribution in [-0.4, -0.2) is 42.4 Å². The molecule has 0 aliphatic carbocycles. The minimum absolute atomic E-state index is 0.103. The van der Waals surface area contributed by atoms with Gasteiger partial charge >= 0.3 is 0 Å². The Bertz CT molecular complexity index is 853. The Hall–Kier alpha value is -2.63. The van der Waals surface area contributed by atoms with Crippen LogP contribution in [0.3, 0.4) is 0 Å². The first-order chi connectivity index (χ1) is 12.8. The van der Waals surface area contributed by atoms with Crippen molar-refractivity contribution in [2.75, 3.05) is 27.4 Å². The van der Waals surface area contributed by atoms with Gasteiger partial charge in [0, 0.05) is 42.8 Å². The highest BCUT2D eigenvalue weighted by Gasteiger charge is 2.14. The topological polar surface area (TPSA) is 54.8 Å². The van der Waals surface area contributed by atoms with Crippen LogP contribution in [0.15, 0.2) is 54.9 Å². The standard InChI is InChI=1S/C21H24N2O3/c1-25-19-9-8-17(21-18(19)6-3-7-20(21)26-2)15-23(11-12-24)14-16-5-4-10-22-13-16/h3-10,13,24H,11-12,14-15H2,1-2H3. The number of methoxy groups -OCH3 is 2. The Labute approximate surface area is 153 Å². The molecule has 1 N–H and O–H groups in total. The number of pyridine rings is 1. The summed E-state index contributed by atoms with van der Waals surface area (Å²) in [6.07, 6.45) is 3.62. The van der Waals surface area contributed by atoms with E-state index in [1.165, 1.54) is 0 Å². The molecule has 0 fully saturated rings. The number of aromatic nitrogens is 1. The van der Waals surface area contributed by atoms with Crippen molar-refractivity contribution >= 4 is 10.8 Å². The third kappa shape index (κ3) is 3.95. The molecule has 136 valence electrons. The summed E-state index contributed by atoms with van der Waals surface area (Å²) in [5.74, 6) is 1.64. The molecule has 2 aromatic carbocycles. The number of fused-ring (bicyclic) bond motifs is 1. The highest BCUT2D eigenvalue weighted by Crippen LogP contribution is 2.35. The number of benzene rings is 2. The summed E-state index contributed by atoms with van der Waals surface area (Å²) in [7, 11) is 3.35. The molecule has 0 aliphatic heterocycles. The van der Waals surface area contributed by atoms with E-state index in [9.17, 15) is 5.11 Å². The van der Waals surface area contributed by atoms with E-state index in [0.717, 1.165) is 39.9 Å². The van der Waals surface area contributed by atoms with E-state index in [1.807, 2.05) is 42.6 Å². The van der Waals surface area contributed by atoms with E-state index in [4.69, 9.17) is 9.47 Å². The molecule has 3 rings (SSSR count). The fourth-order valence-corrected chi connectivity index (χ4v) is 3.24. The molecule has 5 nitrogen and oxygen atoms in total. The molecule has 1 aromatic heterocycles. The molecule has 0 bridgehead atoms. The maximum Gasteiger partial charge on any atom is 0.127 e. The Morgan fingerprint density at radius 1 is 0.962 bits per heavy atom. The fraction of sp³-hybridized carbons (Fsp3) is 0.286. The molecule has 0 saturated carbocycles. The molecule has 0 atom stereocenters. The SMILES string of the molecule is COc1ccc(CN(CCO)Cc2cccnc2)c2c(OC)cccc12. The van der Waals surface area contributed by atoms with Gasteiger partial charge in [-0.3, -0.25) is 9.88 Å². The second kappa shape index (κ2) is 8.65. The third-order valence-corrected chi connectivity index (χ3v) is 4.43. The van der Waals surface area contributed by atoms with Gasteiger partial charge in [0.2, 0.25) is 0 Å². The van der Waals surface area contributed by atoms with Gasteiger partial charge in [-0.15, -0.1) is 0 Å². The van der Waals surface area contributed by atoms with Crippen LogP contribution in [0.5, 0.6) is 11.5 Å². The molecule has 5 heteroatoms. The van der Waals surface area contributed by atoms with Crippen molar-refractivity contribution in [1.29, 1.82) is 0 Å². The second-order valence-corrected chi connectivity index (χ2v) is 6.11. The van der Waals surface area contributed by atoms with Gasteiger partial charge < -0.3 is 14.6 Å². The highest BCUT2D eigenvalue weighted by atomic mass is 16.5. The maximum absolute atomic E-state index is 9.49. The van der Waals surface area contributed by atoms with E-state index in [1.54, 1.807) is 20.4 Å². The van der Waals surface area contributed by atoms with E-state index in [0.29, 0.717) is 13.1 Å². The average molecular weight is 352 g/mol. The summed E-state index contributed by atoms with van der Waals surface area (Å²) in [5, 5.41) is 11.6. The lowest BCUT2D eigenvalue weighted by Gasteiger charge is -2.23. The summed E-state index contributed by atoms with van der Waals surface area (Å²) in [5.41, 5.74) is 2.25. The van der Waals surface area contributed by atoms with Gasteiger partial charge in [-0.25, -0.2) is 0 Å². The molecule has 26 heavy (non-hydrogen) atoms. The second-order valence-electron chi connectivity index (χ2n) is 6.11. The summed E-state index contributed by atoms with van der Waals surface area (Å²) in [4.78, 5) is 6.38. The van der Waals surface area contributed by atoms with Crippen LogP contribution in [0.25, 0.3) is 10.8 Å². The van der Waals surface area contributed by atoms with Crippen LogP contribution in [0.2, 0.25) is 0 Å². The first-order valence-electron chi connectivity index (χ1n) is 8.61. The van der Waals surface area contributed by atoms with Crippen molar-refractivity contribution < 1.29 is 14.6 Å². The first-order valence-corrected chi connectivity index (χ1v) is 8.61. The van der Waals surface area contributed by atoms with Gasteiger partial charge in [0.25, 0.3) is 0 Å². The molecule has 0 saturated heterocycles. The van der Waals surface area contributed by atoms with Crippen molar-refractivity contribution in [3.05, 3.63) is 66.0 Å². The largest absolute Gasteiger partial charge is 0.496 e. The van der Waals surface area contributed by atoms with Crippen molar-refractivity contribution in [1.82, 2.24) is 9.88 Å². The number of hydrogen-bond donors (Lipinski definition) is 1. The van der Waals surface area contributed by atoms with E-state index in [-0.39, 0.29) is 6.61 Å². The van der Waals surface area contributed by atoms with Gasteiger partial charge in [-0.05, 0) is 29.3 Å². The summed E-state index contributed by atoms with van der Waals surface area (Å²) in [6.45, 7) is 2.09. The summed E-state index contributed by atoms with van der Waals surface area (Å²) in [6, 6.07) is 14.0. The number of hydrogen-bond acceptors (Lipinski definition) is 5. The normalized spacial score (nSPS) is 11.1. The first kappa shape index (κ1) is 18.2. The van der Waals surface area contributed by atoms with Gasteiger partial charge in [-0.2, -0.15) is 0 Å². The van der Waals surface area contributed by atoms with Crippen molar-refractivity contribution in [2.24, 2.45) is 0 Å². The lowest BCUT2D eigenvalue weighted by Crippen LogP contribution is -2.26. The Morgan fingerprint density at radius 2 is 1.81 bits per heavy atom. The van der Waals surface area contributed by atoms with Crippen molar-refractivity contribution in [2.45, 2.75) is 13.1 Å². The molecule has 1 heterocycles. The fourth-order valence-electron chi connectivity index (χ4n) is 3.24. The molecular weight excluding hydrogens is 328 g/mol. The Kier molecular flexibility index (Phi) is 6.04. The monoisotopic (exact) mass is 352 g/mol. The molecule has 0 amide bonds. The maximum atomic E-state index is 9.49. The zero-order valence-corrected chi connectivity index (χ0v) is 15.2. The minimum atomic E-state index is 0.103. The summed E-state index contributed by atoms with van der Waals surface area (Å²) >= 11 is 0. The van der Waals surface area contributed by atoms with Crippen LogP contribution in [0.4, 0.5) is 0 Å². The van der Waals surface area contributed by atoms with E-state index in [2.05, 4.69) is 16.0 Å².